The van der Waals surface area contributed by atoms with E-state index in [2.05, 4.69) is 49.0 Å². The van der Waals surface area contributed by atoms with Gasteiger partial charge in [0.25, 0.3) is 0 Å². The molecule has 0 aliphatic heterocycles. The molecule has 3 aromatic rings. The molecule has 0 bridgehead atoms. The lowest BCUT2D eigenvalue weighted by Crippen LogP contribution is -1.85. The predicted molar refractivity (Wildman–Crippen MR) is 75.6 cm³/mol. The van der Waals surface area contributed by atoms with E-state index in [9.17, 15) is 0 Å². The molecule has 0 unspecified atom stereocenters. The first-order valence-corrected chi connectivity index (χ1v) is 6.40. The maximum absolute atomic E-state index is 5.99. The van der Waals surface area contributed by atoms with Gasteiger partial charge in [0.2, 0.25) is 0 Å². The fourth-order valence-corrected chi connectivity index (χ4v) is 2.80. The van der Waals surface area contributed by atoms with E-state index in [0.717, 1.165) is 31.1 Å². The van der Waals surface area contributed by atoms with Crippen LogP contribution in [0.4, 0.5) is 5.69 Å². The topological polar surface area (TPSA) is 41.8 Å². The minimum Gasteiger partial charge on any atom is -0.397 e. The number of hydrogen-bond acceptors (Lipinski definition) is 1. The number of H-pyrrole nitrogens is 1. The van der Waals surface area contributed by atoms with Crippen molar-refractivity contribution < 1.29 is 0 Å². The summed E-state index contributed by atoms with van der Waals surface area (Å²) in [4.78, 5) is 3.33. The van der Waals surface area contributed by atoms with Crippen molar-refractivity contribution in [3.05, 3.63) is 39.3 Å². The second-order valence-electron chi connectivity index (χ2n) is 3.73. The van der Waals surface area contributed by atoms with Gasteiger partial charge in [-0.15, -0.1) is 0 Å². The van der Waals surface area contributed by atoms with Gasteiger partial charge in [-0.2, -0.15) is 0 Å². The molecule has 2 nitrogen and oxygen atoms in total. The van der Waals surface area contributed by atoms with E-state index < -0.39 is 0 Å². The SMILES string of the molecule is Nc1cc(Br)cc2c1[nH]c1ccc(Br)cc12. The normalized spacial score (nSPS) is 11.4. The van der Waals surface area contributed by atoms with E-state index in [4.69, 9.17) is 5.73 Å². The van der Waals surface area contributed by atoms with Gasteiger partial charge >= 0.3 is 0 Å². The second kappa shape index (κ2) is 3.50. The molecule has 0 fully saturated rings. The highest BCUT2D eigenvalue weighted by Crippen LogP contribution is 2.33. The third-order valence-electron chi connectivity index (χ3n) is 2.67. The molecule has 0 aliphatic carbocycles. The first-order chi connectivity index (χ1) is 7.65. The molecule has 0 amide bonds. The van der Waals surface area contributed by atoms with Gasteiger partial charge in [-0.1, -0.05) is 31.9 Å². The number of anilines is 1. The van der Waals surface area contributed by atoms with Crippen LogP contribution in [-0.2, 0) is 0 Å². The van der Waals surface area contributed by atoms with E-state index in [1.54, 1.807) is 0 Å². The van der Waals surface area contributed by atoms with Crippen molar-refractivity contribution in [3.63, 3.8) is 0 Å². The number of nitrogens with one attached hydrogen (secondary N) is 1. The number of benzene rings is 2. The second-order valence-corrected chi connectivity index (χ2v) is 5.56. The molecule has 1 aromatic heterocycles. The van der Waals surface area contributed by atoms with Crippen LogP contribution >= 0.6 is 31.9 Å². The molecule has 1 heterocycles. The number of aromatic nitrogens is 1. The Labute approximate surface area is 109 Å². The Balaban J connectivity index is 2.57. The summed E-state index contributed by atoms with van der Waals surface area (Å²) < 4.78 is 2.07. The van der Waals surface area contributed by atoms with Crippen molar-refractivity contribution in [2.75, 3.05) is 5.73 Å². The average molecular weight is 340 g/mol. The van der Waals surface area contributed by atoms with Gasteiger partial charge < -0.3 is 10.7 Å². The van der Waals surface area contributed by atoms with Crippen molar-refractivity contribution in [1.82, 2.24) is 4.98 Å². The Kier molecular flexibility index (Phi) is 2.23. The van der Waals surface area contributed by atoms with Crippen LogP contribution in [-0.4, -0.2) is 4.98 Å². The third kappa shape index (κ3) is 1.44. The number of fused-ring (bicyclic) bond motifs is 3. The van der Waals surface area contributed by atoms with Crippen LogP contribution < -0.4 is 5.73 Å². The lowest BCUT2D eigenvalue weighted by Gasteiger charge is -1.97. The highest BCUT2D eigenvalue weighted by molar-refractivity contribution is 9.10. The Morgan fingerprint density at radius 1 is 0.938 bits per heavy atom. The molecule has 80 valence electrons. The van der Waals surface area contributed by atoms with Crippen LogP contribution in [0.3, 0.4) is 0 Å². The minimum absolute atomic E-state index is 0.761. The molecule has 0 saturated carbocycles. The first kappa shape index (κ1) is 10.2. The molecule has 16 heavy (non-hydrogen) atoms. The van der Waals surface area contributed by atoms with E-state index in [1.807, 2.05) is 18.2 Å². The van der Waals surface area contributed by atoms with E-state index >= 15 is 0 Å². The zero-order valence-electron chi connectivity index (χ0n) is 8.22. The van der Waals surface area contributed by atoms with Crippen molar-refractivity contribution in [1.29, 1.82) is 0 Å². The Hall–Kier alpha value is -1.00. The predicted octanol–water partition coefficient (Wildman–Crippen LogP) is 4.43. The highest BCUT2D eigenvalue weighted by atomic mass is 79.9. The Bertz CT molecular complexity index is 701. The zero-order valence-corrected chi connectivity index (χ0v) is 11.4. The van der Waals surface area contributed by atoms with Gasteiger partial charge in [0, 0.05) is 25.2 Å². The number of aromatic amines is 1. The molecule has 4 heteroatoms. The lowest BCUT2D eigenvalue weighted by atomic mass is 10.1. The van der Waals surface area contributed by atoms with Crippen LogP contribution in [0.1, 0.15) is 0 Å². The van der Waals surface area contributed by atoms with E-state index in [1.165, 1.54) is 5.39 Å². The molecular weight excluding hydrogens is 332 g/mol. The summed E-state index contributed by atoms with van der Waals surface area (Å²) in [5.41, 5.74) is 8.84. The quantitative estimate of drug-likeness (QED) is 0.584. The van der Waals surface area contributed by atoms with E-state index in [0.29, 0.717) is 0 Å². The summed E-state index contributed by atoms with van der Waals surface area (Å²) in [7, 11) is 0. The maximum Gasteiger partial charge on any atom is 0.0699 e. The van der Waals surface area contributed by atoms with Crippen molar-refractivity contribution in [2.45, 2.75) is 0 Å². The fraction of sp³-hybridized carbons (Fsp3) is 0. The standard InChI is InChI=1S/C12H8Br2N2/c13-6-1-2-11-8(3-6)9-4-7(14)5-10(15)12(9)16-11/h1-5,16H,15H2. The monoisotopic (exact) mass is 338 g/mol. The molecule has 0 spiro atoms. The summed E-state index contributed by atoms with van der Waals surface area (Å²) in [5, 5.41) is 2.32. The lowest BCUT2D eigenvalue weighted by molar-refractivity contribution is 1.53. The largest absolute Gasteiger partial charge is 0.397 e. The van der Waals surface area contributed by atoms with Gasteiger partial charge in [0.05, 0.1) is 11.2 Å². The molecule has 3 N–H and O–H groups in total. The average Bonchev–Trinajstić information content (AvgIpc) is 2.57. The summed E-state index contributed by atoms with van der Waals surface area (Å²) in [6.45, 7) is 0. The summed E-state index contributed by atoms with van der Waals surface area (Å²) >= 11 is 6.95. The van der Waals surface area contributed by atoms with Gasteiger partial charge in [-0.3, -0.25) is 0 Å². The van der Waals surface area contributed by atoms with Gasteiger partial charge in [-0.25, -0.2) is 0 Å². The molecule has 0 saturated heterocycles. The summed E-state index contributed by atoms with van der Waals surface area (Å²) in [6, 6.07) is 10.2. The smallest absolute Gasteiger partial charge is 0.0699 e. The minimum atomic E-state index is 0.761. The Morgan fingerprint density at radius 3 is 2.50 bits per heavy atom. The van der Waals surface area contributed by atoms with Gasteiger partial charge in [0.1, 0.15) is 0 Å². The molecule has 3 rings (SSSR count). The van der Waals surface area contributed by atoms with Crippen molar-refractivity contribution in [2.24, 2.45) is 0 Å². The van der Waals surface area contributed by atoms with Crippen LogP contribution in [0.15, 0.2) is 39.3 Å². The number of halogens is 2. The van der Waals surface area contributed by atoms with Gasteiger partial charge in [0.15, 0.2) is 0 Å². The molecule has 0 atom stereocenters. The van der Waals surface area contributed by atoms with Crippen molar-refractivity contribution in [3.8, 4) is 0 Å². The van der Waals surface area contributed by atoms with Crippen LogP contribution in [0.5, 0.6) is 0 Å². The third-order valence-corrected chi connectivity index (χ3v) is 3.62. The number of rotatable bonds is 0. The first-order valence-electron chi connectivity index (χ1n) is 4.81. The molecule has 0 aliphatic rings. The highest BCUT2D eigenvalue weighted by Gasteiger charge is 2.07. The fourth-order valence-electron chi connectivity index (χ4n) is 1.96. The maximum atomic E-state index is 5.99. The molecular formula is C12H8Br2N2. The number of nitrogens with two attached hydrogens (primary N) is 1. The number of nitrogen functional groups attached to an aromatic ring is 1. The summed E-state index contributed by atoms with van der Waals surface area (Å²) in [5.74, 6) is 0. The van der Waals surface area contributed by atoms with Crippen LogP contribution in [0.2, 0.25) is 0 Å². The summed E-state index contributed by atoms with van der Waals surface area (Å²) in [6.07, 6.45) is 0. The van der Waals surface area contributed by atoms with Gasteiger partial charge in [-0.05, 0) is 30.3 Å². The van der Waals surface area contributed by atoms with E-state index in [-0.39, 0.29) is 0 Å². The molecule has 2 aromatic carbocycles. The zero-order chi connectivity index (χ0) is 11.3. The van der Waals surface area contributed by atoms with Crippen LogP contribution in [0.25, 0.3) is 21.8 Å². The molecule has 0 radical (unpaired) electrons. The van der Waals surface area contributed by atoms with Crippen LogP contribution in [0, 0.1) is 0 Å². The van der Waals surface area contributed by atoms with Crippen molar-refractivity contribution >= 4 is 59.4 Å². The number of hydrogen-bond donors (Lipinski definition) is 2. The Morgan fingerprint density at radius 2 is 1.69 bits per heavy atom.